The molecule has 9 heteroatoms. The SMILES string of the molecule is C[C@@H]1CN(S(=O)(=O)c2cccc(C(=O)OCC(=O)c3cccs3)c2)C[C@@H](C)O1. The molecule has 0 spiro atoms. The fourth-order valence-corrected chi connectivity index (χ4v) is 5.27. The second-order valence-corrected chi connectivity index (χ2v) is 9.47. The highest BCUT2D eigenvalue weighted by atomic mass is 32.2. The molecule has 0 saturated carbocycles. The third-order valence-electron chi connectivity index (χ3n) is 4.22. The highest BCUT2D eigenvalue weighted by molar-refractivity contribution is 7.89. The van der Waals surface area contributed by atoms with Crippen LogP contribution in [-0.4, -0.2) is 56.4 Å². The minimum Gasteiger partial charge on any atom is -0.454 e. The van der Waals surface area contributed by atoms with Gasteiger partial charge in [-0.3, -0.25) is 4.79 Å². The molecular formula is C19H21NO6S2. The number of benzene rings is 1. The molecule has 0 radical (unpaired) electrons. The zero-order chi connectivity index (χ0) is 20.3. The fourth-order valence-electron chi connectivity index (χ4n) is 2.98. The number of thiophene rings is 1. The molecule has 1 aliphatic heterocycles. The molecule has 0 bridgehead atoms. The van der Waals surface area contributed by atoms with E-state index in [-0.39, 0.29) is 41.5 Å². The molecule has 28 heavy (non-hydrogen) atoms. The molecular weight excluding hydrogens is 402 g/mol. The lowest BCUT2D eigenvalue weighted by atomic mass is 10.2. The van der Waals surface area contributed by atoms with Crippen molar-refractivity contribution in [3.05, 3.63) is 52.2 Å². The number of morpholine rings is 1. The van der Waals surface area contributed by atoms with Gasteiger partial charge in [-0.05, 0) is 43.5 Å². The summed E-state index contributed by atoms with van der Waals surface area (Å²) in [4.78, 5) is 24.7. The monoisotopic (exact) mass is 423 g/mol. The Balaban J connectivity index is 1.72. The van der Waals surface area contributed by atoms with Crippen molar-refractivity contribution in [2.75, 3.05) is 19.7 Å². The van der Waals surface area contributed by atoms with Crippen LogP contribution in [-0.2, 0) is 19.5 Å². The zero-order valence-electron chi connectivity index (χ0n) is 15.5. The number of hydrogen-bond acceptors (Lipinski definition) is 7. The number of ether oxygens (including phenoxy) is 2. The van der Waals surface area contributed by atoms with Gasteiger partial charge in [0.15, 0.2) is 6.61 Å². The van der Waals surface area contributed by atoms with Gasteiger partial charge in [0.25, 0.3) is 0 Å². The third kappa shape index (κ3) is 4.67. The van der Waals surface area contributed by atoms with Crippen LogP contribution in [0, 0.1) is 0 Å². The maximum Gasteiger partial charge on any atom is 0.338 e. The molecule has 1 aromatic carbocycles. The summed E-state index contributed by atoms with van der Waals surface area (Å²) < 4.78 is 37.9. The van der Waals surface area contributed by atoms with Crippen LogP contribution in [0.15, 0.2) is 46.7 Å². The molecule has 1 aliphatic rings. The van der Waals surface area contributed by atoms with Gasteiger partial charge in [-0.15, -0.1) is 11.3 Å². The van der Waals surface area contributed by atoms with Gasteiger partial charge in [0.2, 0.25) is 15.8 Å². The molecule has 1 fully saturated rings. The Morgan fingerprint density at radius 1 is 1.18 bits per heavy atom. The van der Waals surface area contributed by atoms with E-state index in [9.17, 15) is 18.0 Å². The van der Waals surface area contributed by atoms with Crippen molar-refractivity contribution in [3.63, 3.8) is 0 Å². The smallest absolute Gasteiger partial charge is 0.338 e. The van der Waals surface area contributed by atoms with Crippen molar-refractivity contribution in [1.82, 2.24) is 4.31 Å². The van der Waals surface area contributed by atoms with E-state index in [4.69, 9.17) is 9.47 Å². The number of ketones is 1. The number of sulfonamides is 1. The van der Waals surface area contributed by atoms with Crippen LogP contribution in [0.2, 0.25) is 0 Å². The summed E-state index contributed by atoms with van der Waals surface area (Å²) in [6, 6.07) is 9.05. The summed E-state index contributed by atoms with van der Waals surface area (Å²) in [5.74, 6) is -1.05. The fraction of sp³-hybridized carbons (Fsp3) is 0.368. The molecule has 150 valence electrons. The quantitative estimate of drug-likeness (QED) is 0.524. The number of Topliss-reactive ketones (excluding diaryl/α,β-unsaturated/α-hetero) is 1. The van der Waals surface area contributed by atoms with Gasteiger partial charge in [0.1, 0.15) is 0 Å². The lowest BCUT2D eigenvalue weighted by molar-refractivity contribution is -0.0440. The van der Waals surface area contributed by atoms with E-state index in [1.54, 1.807) is 17.5 Å². The maximum atomic E-state index is 12.9. The summed E-state index contributed by atoms with van der Waals surface area (Å²) in [6.07, 6.45) is -0.426. The highest BCUT2D eigenvalue weighted by Crippen LogP contribution is 2.22. The first kappa shape index (κ1) is 20.7. The van der Waals surface area contributed by atoms with Gasteiger partial charge < -0.3 is 9.47 Å². The average molecular weight is 424 g/mol. The average Bonchev–Trinajstić information content (AvgIpc) is 3.20. The number of hydrogen-bond donors (Lipinski definition) is 0. The van der Waals surface area contributed by atoms with Crippen molar-refractivity contribution in [2.24, 2.45) is 0 Å². The van der Waals surface area contributed by atoms with Crippen molar-refractivity contribution >= 4 is 33.1 Å². The minimum absolute atomic E-state index is 0.00725. The number of carbonyl (C=O) groups excluding carboxylic acids is 2. The first-order valence-electron chi connectivity index (χ1n) is 8.77. The predicted octanol–water partition coefficient (Wildman–Crippen LogP) is 2.59. The molecule has 0 aliphatic carbocycles. The molecule has 0 N–H and O–H groups in total. The molecule has 0 amide bonds. The summed E-state index contributed by atoms with van der Waals surface area (Å²) >= 11 is 1.26. The molecule has 2 heterocycles. The molecule has 7 nitrogen and oxygen atoms in total. The van der Waals surface area contributed by atoms with E-state index in [0.717, 1.165) is 0 Å². The first-order valence-corrected chi connectivity index (χ1v) is 11.1. The first-order chi connectivity index (χ1) is 13.3. The minimum atomic E-state index is -3.77. The topological polar surface area (TPSA) is 90.0 Å². The van der Waals surface area contributed by atoms with Gasteiger partial charge in [0.05, 0.1) is 27.5 Å². The van der Waals surface area contributed by atoms with E-state index in [2.05, 4.69) is 0 Å². The second kappa shape index (κ2) is 8.52. The summed E-state index contributed by atoms with van der Waals surface area (Å²) in [5, 5.41) is 1.76. The summed E-state index contributed by atoms with van der Waals surface area (Å²) in [7, 11) is -3.77. The van der Waals surface area contributed by atoms with Crippen LogP contribution in [0.25, 0.3) is 0 Å². The standard InChI is InChI=1S/C19H21NO6S2/c1-13-10-20(11-14(2)26-13)28(23,24)16-6-3-5-15(9-16)19(22)25-12-17(21)18-7-4-8-27-18/h3-9,13-14H,10-12H2,1-2H3/t13-,14-/m1/s1. The molecule has 1 aromatic heterocycles. The van der Waals surface area contributed by atoms with Crippen LogP contribution in [0.3, 0.4) is 0 Å². The van der Waals surface area contributed by atoms with E-state index in [0.29, 0.717) is 4.88 Å². The molecule has 1 saturated heterocycles. The molecule has 3 rings (SSSR count). The van der Waals surface area contributed by atoms with Crippen molar-refractivity contribution in [1.29, 1.82) is 0 Å². The molecule has 0 unspecified atom stereocenters. The van der Waals surface area contributed by atoms with Gasteiger partial charge in [-0.2, -0.15) is 4.31 Å². The van der Waals surface area contributed by atoms with Crippen LogP contribution in [0.1, 0.15) is 33.9 Å². The van der Waals surface area contributed by atoms with Crippen LogP contribution in [0.5, 0.6) is 0 Å². The Hall–Kier alpha value is -2.07. The van der Waals surface area contributed by atoms with Gasteiger partial charge in [0, 0.05) is 13.1 Å². The normalized spacial score (nSPS) is 20.6. The van der Waals surface area contributed by atoms with E-state index < -0.39 is 22.6 Å². The van der Waals surface area contributed by atoms with E-state index in [1.165, 1.54) is 39.9 Å². The Morgan fingerprint density at radius 2 is 1.89 bits per heavy atom. The Kier molecular flexibility index (Phi) is 6.29. The van der Waals surface area contributed by atoms with Crippen LogP contribution >= 0.6 is 11.3 Å². The number of nitrogens with zero attached hydrogens (tertiary/aromatic N) is 1. The lowest BCUT2D eigenvalue weighted by Gasteiger charge is -2.34. The van der Waals surface area contributed by atoms with Gasteiger partial charge in [-0.1, -0.05) is 12.1 Å². The zero-order valence-corrected chi connectivity index (χ0v) is 17.2. The van der Waals surface area contributed by atoms with E-state index >= 15 is 0 Å². The summed E-state index contributed by atoms with van der Waals surface area (Å²) in [5.41, 5.74) is 0.0782. The number of esters is 1. The predicted molar refractivity (Wildman–Crippen MR) is 104 cm³/mol. The number of rotatable bonds is 6. The van der Waals surface area contributed by atoms with Crippen molar-refractivity contribution in [3.8, 4) is 0 Å². The van der Waals surface area contributed by atoms with Crippen LogP contribution < -0.4 is 0 Å². The second-order valence-electron chi connectivity index (χ2n) is 6.58. The Bertz CT molecular complexity index is 945. The highest BCUT2D eigenvalue weighted by Gasteiger charge is 2.32. The largest absolute Gasteiger partial charge is 0.454 e. The van der Waals surface area contributed by atoms with E-state index in [1.807, 2.05) is 13.8 Å². The van der Waals surface area contributed by atoms with Gasteiger partial charge in [-0.25, -0.2) is 13.2 Å². The number of carbonyl (C=O) groups is 2. The lowest BCUT2D eigenvalue weighted by Crippen LogP contribution is -2.48. The molecule has 2 aromatic rings. The van der Waals surface area contributed by atoms with Crippen molar-refractivity contribution < 1.29 is 27.5 Å². The Labute approximate surface area is 167 Å². The van der Waals surface area contributed by atoms with Gasteiger partial charge >= 0.3 is 5.97 Å². The Morgan fingerprint density at radius 3 is 2.54 bits per heavy atom. The third-order valence-corrected chi connectivity index (χ3v) is 6.96. The maximum absolute atomic E-state index is 12.9. The van der Waals surface area contributed by atoms with Crippen LogP contribution in [0.4, 0.5) is 0 Å². The van der Waals surface area contributed by atoms with Crippen molar-refractivity contribution in [2.45, 2.75) is 31.0 Å². The summed E-state index contributed by atoms with van der Waals surface area (Å²) in [6.45, 7) is 3.73. The molecule has 2 atom stereocenters.